The van der Waals surface area contributed by atoms with E-state index in [1.54, 1.807) is 12.1 Å². The number of fused-ring (bicyclic) bond motifs is 1. The van der Waals surface area contributed by atoms with Crippen LogP contribution in [0.2, 0.25) is 0 Å². The number of carboxylic acids is 1. The number of aryl methyl sites for hydroxylation is 1. The molecule has 0 spiro atoms. The SMILES string of the molecule is CC[NH+](CC)CC#Cc1ccc(OCCCc2sc(N3CCCC(/C(C)=C(\N)Nc4nc5ccccc5s4)=C3N)nc2C(=O)O)c(F)c1. The van der Waals surface area contributed by atoms with Gasteiger partial charge in [-0.25, -0.2) is 19.2 Å². The fourth-order valence-corrected chi connectivity index (χ4v) is 7.39. The van der Waals surface area contributed by atoms with Gasteiger partial charge < -0.3 is 36.4 Å². The third-order valence-electron chi connectivity index (χ3n) is 8.23. The number of benzene rings is 2. The molecule has 4 aromatic rings. The van der Waals surface area contributed by atoms with Gasteiger partial charge in [-0.05, 0) is 93.9 Å². The fraction of sp³-hybridized carbons (Fsp3) is 0.343. The van der Waals surface area contributed by atoms with Gasteiger partial charge in [-0.2, -0.15) is 0 Å². The molecule has 0 aliphatic carbocycles. The van der Waals surface area contributed by atoms with Crippen LogP contribution in [0.15, 0.2) is 65.3 Å². The van der Waals surface area contributed by atoms with E-state index in [2.05, 4.69) is 41.0 Å². The number of aromatic carboxylic acids is 1. The average molecular weight is 691 g/mol. The summed E-state index contributed by atoms with van der Waals surface area (Å²) in [7, 11) is 0. The standard InChI is InChI=1S/C35H40FN7O3S2/c1-4-42(5-2)18-8-11-23-16-17-27(25(36)21-23)46-20-10-15-29-30(33(44)45)40-35(48-29)43-19-9-12-24(32(43)38)22(3)31(37)41-34-39-26-13-6-7-14-28(26)47-34/h6-7,13-14,16-17,21H,4-5,9-10,12,15,18-20,37-38H2,1-3H3,(H,39,41)(H,44,45)/p+1/b31-22+. The van der Waals surface area contributed by atoms with E-state index in [0.717, 1.165) is 47.3 Å². The lowest BCUT2D eigenvalue weighted by atomic mass is 9.99. The van der Waals surface area contributed by atoms with Gasteiger partial charge in [-0.3, -0.25) is 0 Å². The Morgan fingerprint density at radius 2 is 1.98 bits per heavy atom. The number of allylic oxidation sites excluding steroid dienone is 2. The Bertz CT molecular complexity index is 1870. The molecule has 13 heteroatoms. The largest absolute Gasteiger partial charge is 0.491 e. The summed E-state index contributed by atoms with van der Waals surface area (Å²) in [6, 6.07) is 12.6. The Labute approximate surface area is 287 Å². The molecule has 0 unspecified atom stereocenters. The van der Waals surface area contributed by atoms with Crippen molar-refractivity contribution in [3.8, 4) is 17.6 Å². The number of carbonyl (C=O) groups is 1. The van der Waals surface area contributed by atoms with Crippen LogP contribution in [0, 0.1) is 17.7 Å². The van der Waals surface area contributed by atoms with Crippen molar-refractivity contribution in [1.29, 1.82) is 0 Å². The highest BCUT2D eigenvalue weighted by Crippen LogP contribution is 2.35. The zero-order valence-corrected chi connectivity index (χ0v) is 29.0. The molecule has 0 bridgehead atoms. The van der Waals surface area contributed by atoms with Gasteiger partial charge in [0.15, 0.2) is 27.5 Å². The zero-order chi connectivity index (χ0) is 34.2. The van der Waals surface area contributed by atoms with Crippen LogP contribution in [0.4, 0.5) is 14.7 Å². The summed E-state index contributed by atoms with van der Waals surface area (Å²) < 4.78 is 21.5. The van der Waals surface area contributed by atoms with Crippen LogP contribution < -0.4 is 31.3 Å². The van der Waals surface area contributed by atoms with Crippen LogP contribution in [-0.4, -0.2) is 53.8 Å². The van der Waals surface area contributed by atoms with Crippen molar-refractivity contribution >= 4 is 49.1 Å². The fourth-order valence-electron chi connectivity index (χ4n) is 5.37. The number of anilines is 2. The van der Waals surface area contributed by atoms with Crippen molar-refractivity contribution in [3.05, 3.63) is 87.2 Å². The normalized spacial score (nSPS) is 13.8. The van der Waals surface area contributed by atoms with E-state index >= 15 is 0 Å². The quantitative estimate of drug-likeness (QED) is 0.0973. The van der Waals surface area contributed by atoms with Crippen molar-refractivity contribution in [1.82, 2.24) is 9.97 Å². The van der Waals surface area contributed by atoms with Crippen molar-refractivity contribution in [3.63, 3.8) is 0 Å². The molecule has 0 saturated carbocycles. The summed E-state index contributed by atoms with van der Waals surface area (Å²) in [6.07, 6.45) is 2.39. The summed E-state index contributed by atoms with van der Waals surface area (Å²) in [5.74, 6) is 5.63. The second-order valence-corrected chi connectivity index (χ2v) is 13.5. The highest BCUT2D eigenvalue weighted by Gasteiger charge is 2.26. The first-order valence-electron chi connectivity index (χ1n) is 16.0. The molecule has 0 atom stereocenters. The van der Waals surface area contributed by atoms with Gasteiger partial charge in [0.25, 0.3) is 0 Å². The van der Waals surface area contributed by atoms with Crippen molar-refractivity contribution in [2.45, 2.75) is 46.5 Å². The summed E-state index contributed by atoms with van der Waals surface area (Å²) >= 11 is 2.81. The number of halogens is 1. The van der Waals surface area contributed by atoms with Gasteiger partial charge in [0, 0.05) is 17.0 Å². The molecular formula is C35H41FN7O3S2+. The minimum atomic E-state index is -1.11. The molecule has 48 heavy (non-hydrogen) atoms. The second-order valence-electron chi connectivity index (χ2n) is 11.4. The molecule has 0 amide bonds. The van der Waals surface area contributed by atoms with E-state index < -0.39 is 11.8 Å². The van der Waals surface area contributed by atoms with Gasteiger partial charge in [0.05, 0.1) is 29.9 Å². The predicted molar refractivity (Wildman–Crippen MR) is 191 cm³/mol. The third-order valence-corrected chi connectivity index (χ3v) is 10.3. The van der Waals surface area contributed by atoms with Crippen LogP contribution in [0.5, 0.6) is 5.75 Å². The molecule has 3 heterocycles. The number of rotatable bonds is 13. The monoisotopic (exact) mass is 690 g/mol. The smallest absolute Gasteiger partial charge is 0.355 e. The first kappa shape index (κ1) is 34.7. The number of aromatic nitrogens is 2. The summed E-state index contributed by atoms with van der Waals surface area (Å²) in [5.41, 5.74) is 16.3. The molecule has 10 nitrogen and oxygen atoms in total. The zero-order valence-electron chi connectivity index (χ0n) is 27.4. The van der Waals surface area contributed by atoms with E-state index in [4.69, 9.17) is 16.2 Å². The van der Waals surface area contributed by atoms with E-state index in [0.29, 0.717) is 58.3 Å². The molecule has 2 aromatic carbocycles. The number of hydrogen-bond donors (Lipinski definition) is 5. The van der Waals surface area contributed by atoms with Gasteiger partial charge in [0.1, 0.15) is 18.2 Å². The Kier molecular flexibility index (Phi) is 11.5. The lowest BCUT2D eigenvalue weighted by Crippen LogP contribution is -3.11. The maximum atomic E-state index is 14.7. The number of hydrogen-bond acceptors (Lipinski definition) is 10. The molecule has 252 valence electrons. The summed E-state index contributed by atoms with van der Waals surface area (Å²) in [6.45, 7) is 9.64. The van der Waals surface area contributed by atoms with Gasteiger partial charge in [-0.1, -0.05) is 29.4 Å². The molecule has 0 fully saturated rings. The number of nitrogens with one attached hydrogen (secondary N) is 2. The number of nitrogens with two attached hydrogens (primary N) is 2. The minimum Gasteiger partial charge on any atom is -0.491 e. The van der Waals surface area contributed by atoms with Crippen molar-refractivity contribution in [2.75, 3.05) is 43.0 Å². The third kappa shape index (κ3) is 8.25. The van der Waals surface area contributed by atoms with Crippen LogP contribution in [0.1, 0.15) is 61.0 Å². The minimum absolute atomic E-state index is 0.0140. The van der Waals surface area contributed by atoms with Crippen LogP contribution in [-0.2, 0) is 6.42 Å². The molecule has 1 aliphatic heterocycles. The van der Waals surface area contributed by atoms with Crippen molar-refractivity contribution in [2.24, 2.45) is 11.5 Å². The average Bonchev–Trinajstić information content (AvgIpc) is 3.69. The second kappa shape index (κ2) is 16.0. The van der Waals surface area contributed by atoms with E-state index in [9.17, 15) is 14.3 Å². The Balaban J connectivity index is 1.23. The molecule has 2 aromatic heterocycles. The highest BCUT2D eigenvalue weighted by molar-refractivity contribution is 7.22. The maximum Gasteiger partial charge on any atom is 0.355 e. The molecular weight excluding hydrogens is 650 g/mol. The molecule has 0 radical (unpaired) electrons. The van der Waals surface area contributed by atoms with E-state index in [-0.39, 0.29) is 18.1 Å². The highest BCUT2D eigenvalue weighted by atomic mass is 32.1. The predicted octanol–water partition coefficient (Wildman–Crippen LogP) is 4.95. The number of ether oxygens (including phenoxy) is 1. The number of para-hydroxylation sites is 1. The Morgan fingerprint density at radius 3 is 2.71 bits per heavy atom. The molecule has 5 rings (SSSR count). The van der Waals surface area contributed by atoms with Gasteiger partial charge in [0.2, 0.25) is 0 Å². The topological polar surface area (TPSA) is 144 Å². The lowest BCUT2D eigenvalue weighted by molar-refractivity contribution is -0.889. The summed E-state index contributed by atoms with van der Waals surface area (Å²) in [5, 5.41) is 14.3. The van der Waals surface area contributed by atoms with E-state index in [1.807, 2.05) is 36.1 Å². The Hall–Kier alpha value is -4.64. The Morgan fingerprint density at radius 1 is 1.19 bits per heavy atom. The summed E-state index contributed by atoms with van der Waals surface area (Å²) in [4.78, 5) is 25.0. The number of nitrogens with zero attached hydrogens (tertiary/aromatic N) is 3. The van der Waals surface area contributed by atoms with Gasteiger partial charge in [-0.15, -0.1) is 11.3 Å². The van der Waals surface area contributed by atoms with Crippen LogP contribution in [0.3, 0.4) is 0 Å². The van der Waals surface area contributed by atoms with E-state index in [1.165, 1.54) is 33.6 Å². The first-order chi connectivity index (χ1) is 23.2. The number of carboxylic acid groups (broad SMARTS) is 1. The van der Waals surface area contributed by atoms with Crippen molar-refractivity contribution < 1.29 is 23.9 Å². The van der Waals surface area contributed by atoms with Crippen LogP contribution in [0.25, 0.3) is 10.2 Å². The lowest BCUT2D eigenvalue weighted by Gasteiger charge is -2.30. The molecule has 0 saturated heterocycles. The van der Waals surface area contributed by atoms with Crippen LogP contribution >= 0.6 is 22.7 Å². The first-order valence-corrected chi connectivity index (χ1v) is 17.6. The molecule has 7 N–H and O–H groups in total. The maximum absolute atomic E-state index is 14.7. The number of thiazole rings is 2. The number of quaternary nitrogens is 1. The van der Waals surface area contributed by atoms with Gasteiger partial charge >= 0.3 is 5.97 Å². The molecule has 1 aliphatic rings.